The minimum Gasteiger partial charge on any atom is -0.322 e. The van der Waals surface area contributed by atoms with Crippen LogP contribution in [-0.2, 0) is 12.8 Å². The highest BCUT2D eigenvalue weighted by Gasteiger charge is 2.23. The number of amides is 1. The lowest BCUT2D eigenvalue weighted by molar-refractivity contribution is 0.102. The van der Waals surface area contributed by atoms with Crippen LogP contribution in [0.15, 0.2) is 48.5 Å². The summed E-state index contributed by atoms with van der Waals surface area (Å²) in [5.41, 5.74) is 4.82. The molecule has 0 saturated heterocycles. The number of hydrogen-bond acceptors (Lipinski definition) is 3. The van der Waals surface area contributed by atoms with Gasteiger partial charge in [-0.2, -0.15) is 5.26 Å². The molecule has 2 aromatic carbocycles. The number of fused-ring (bicyclic) bond motifs is 2. The normalized spacial score (nSPS) is 12.6. The second kappa shape index (κ2) is 5.78. The second-order valence-electron chi connectivity index (χ2n) is 5.93. The van der Waals surface area contributed by atoms with Crippen LogP contribution in [0.1, 0.15) is 33.6 Å². The van der Waals surface area contributed by atoms with Crippen molar-refractivity contribution in [2.45, 2.75) is 19.3 Å². The largest absolute Gasteiger partial charge is 0.322 e. The van der Waals surface area contributed by atoms with Crippen LogP contribution in [0, 0.1) is 11.3 Å². The van der Waals surface area contributed by atoms with Gasteiger partial charge < -0.3 is 5.32 Å². The van der Waals surface area contributed by atoms with Crippen molar-refractivity contribution >= 4 is 22.5 Å². The molecular weight excluding hydrogens is 298 g/mol. The molecule has 24 heavy (non-hydrogen) atoms. The van der Waals surface area contributed by atoms with E-state index in [0.29, 0.717) is 11.3 Å². The predicted octanol–water partition coefficient (Wildman–Crippen LogP) is 3.85. The Balaban J connectivity index is 1.81. The number of nitrogens with one attached hydrogen (secondary N) is 1. The van der Waals surface area contributed by atoms with Crippen LogP contribution >= 0.6 is 0 Å². The molecule has 0 atom stereocenters. The van der Waals surface area contributed by atoms with E-state index in [1.807, 2.05) is 24.3 Å². The van der Waals surface area contributed by atoms with E-state index >= 15 is 0 Å². The van der Waals surface area contributed by atoms with E-state index in [2.05, 4.69) is 11.4 Å². The molecule has 4 rings (SSSR count). The summed E-state index contributed by atoms with van der Waals surface area (Å²) < 4.78 is 0. The van der Waals surface area contributed by atoms with Crippen molar-refractivity contribution in [2.75, 3.05) is 5.32 Å². The number of hydrogen-bond donors (Lipinski definition) is 1. The van der Waals surface area contributed by atoms with Crippen LogP contribution < -0.4 is 5.32 Å². The Labute approximate surface area is 139 Å². The maximum Gasteiger partial charge on any atom is 0.256 e. The molecule has 0 unspecified atom stereocenters. The zero-order valence-corrected chi connectivity index (χ0v) is 13.0. The molecule has 1 aliphatic carbocycles. The zero-order chi connectivity index (χ0) is 16.5. The van der Waals surface area contributed by atoms with E-state index in [-0.39, 0.29) is 5.91 Å². The van der Waals surface area contributed by atoms with Gasteiger partial charge in [0.15, 0.2) is 0 Å². The molecule has 1 heterocycles. The van der Waals surface area contributed by atoms with E-state index in [1.54, 1.807) is 24.3 Å². The van der Waals surface area contributed by atoms with E-state index < -0.39 is 0 Å². The minimum atomic E-state index is -0.137. The fraction of sp³-hybridized carbons (Fsp3) is 0.150. The Kier molecular flexibility index (Phi) is 3.47. The molecule has 4 nitrogen and oxygen atoms in total. The third kappa shape index (κ3) is 2.40. The second-order valence-corrected chi connectivity index (χ2v) is 5.93. The first-order valence-electron chi connectivity index (χ1n) is 7.98. The van der Waals surface area contributed by atoms with Crippen LogP contribution in [0.25, 0.3) is 10.9 Å². The number of carbonyl (C=O) groups is 1. The maximum atomic E-state index is 13.0. The Morgan fingerprint density at radius 1 is 1.12 bits per heavy atom. The van der Waals surface area contributed by atoms with Crippen LogP contribution in [0.4, 0.5) is 5.69 Å². The van der Waals surface area contributed by atoms with Gasteiger partial charge in [-0.3, -0.25) is 9.78 Å². The van der Waals surface area contributed by atoms with Gasteiger partial charge in [0.2, 0.25) is 0 Å². The summed E-state index contributed by atoms with van der Waals surface area (Å²) in [6, 6.07) is 16.8. The summed E-state index contributed by atoms with van der Waals surface area (Å²) >= 11 is 0. The maximum absolute atomic E-state index is 13.0. The van der Waals surface area contributed by atoms with Gasteiger partial charge in [-0.05, 0) is 49.1 Å². The number of aryl methyl sites for hydroxylation is 1. The van der Waals surface area contributed by atoms with Gasteiger partial charge in [-0.25, -0.2) is 0 Å². The van der Waals surface area contributed by atoms with Gasteiger partial charge in [0.05, 0.1) is 22.7 Å². The first kappa shape index (κ1) is 14.4. The number of rotatable bonds is 2. The summed E-state index contributed by atoms with van der Waals surface area (Å²) in [7, 11) is 0. The zero-order valence-electron chi connectivity index (χ0n) is 13.0. The van der Waals surface area contributed by atoms with Crippen LogP contribution in [0.5, 0.6) is 0 Å². The fourth-order valence-electron chi connectivity index (χ4n) is 3.33. The van der Waals surface area contributed by atoms with Gasteiger partial charge in [0, 0.05) is 16.8 Å². The summed E-state index contributed by atoms with van der Waals surface area (Å²) in [5, 5.41) is 12.8. The predicted molar refractivity (Wildman–Crippen MR) is 92.9 cm³/mol. The lowest BCUT2D eigenvalue weighted by Crippen LogP contribution is -2.15. The first-order chi connectivity index (χ1) is 11.8. The molecule has 0 aliphatic heterocycles. The number of aromatic nitrogens is 1. The van der Waals surface area contributed by atoms with Crippen molar-refractivity contribution in [3.63, 3.8) is 0 Å². The smallest absolute Gasteiger partial charge is 0.256 e. The van der Waals surface area contributed by atoms with Gasteiger partial charge in [0.25, 0.3) is 5.91 Å². The molecule has 116 valence electrons. The number of benzene rings is 2. The molecule has 4 heteroatoms. The summed E-state index contributed by atoms with van der Waals surface area (Å²) in [6.45, 7) is 0. The molecule has 0 spiro atoms. The Morgan fingerprint density at radius 2 is 2.00 bits per heavy atom. The Hall–Kier alpha value is -3.19. The van der Waals surface area contributed by atoms with Crippen LogP contribution in [0.2, 0.25) is 0 Å². The number of anilines is 1. The molecule has 0 bridgehead atoms. The fourth-order valence-corrected chi connectivity index (χ4v) is 3.33. The monoisotopic (exact) mass is 313 g/mol. The number of nitrogens with zero attached hydrogens (tertiary/aromatic N) is 2. The molecule has 1 N–H and O–H groups in total. The molecule has 0 radical (unpaired) electrons. The number of pyridine rings is 1. The highest BCUT2D eigenvalue weighted by Crippen LogP contribution is 2.30. The number of carbonyl (C=O) groups excluding carboxylic acids is 1. The van der Waals surface area contributed by atoms with Crippen molar-refractivity contribution in [2.24, 2.45) is 0 Å². The standard InChI is InChI=1S/C20H15N3O/c21-12-13-5-3-6-14(11-13)22-20(24)19-15-7-1-2-9-17(15)23-18-10-4-8-16(18)19/h1-3,5-7,9,11H,4,8,10H2,(H,22,24). The number of nitriles is 1. The lowest BCUT2D eigenvalue weighted by atomic mass is 10.0. The molecule has 1 aliphatic rings. The molecule has 1 aromatic heterocycles. The third-order valence-corrected chi connectivity index (χ3v) is 4.40. The van der Waals surface area contributed by atoms with Gasteiger partial charge in [-0.15, -0.1) is 0 Å². The summed E-state index contributed by atoms with van der Waals surface area (Å²) in [5.74, 6) is -0.137. The molecule has 0 fully saturated rings. The highest BCUT2D eigenvalue weighted by atomic mass is 16.1. The van der Waals surface area contributed by atoms with E-state index in [0.717, 1.165) is 47.0 Å². The average Bonchev–Trinajstić information content (AvgIpc) is 3.07. The summed E-state index contributed by atoms with van der Waals surface area (Å²) in [4.78, 5) is 17.7. The highest BCUT2D eigenvalue weighted by molar-refractivity contribution is 6.13. The van der Waals surface area contributed by atoms with Crippen molar-refractivity contribution in [3.05, 3.63) is 70.9 Å². The average molecular weight is 313 g/mol. The minimum absolute atomic E-state index is 0.137. The van der Waals surface area contributed by atoms with E-state index in [1.165, 1.54) is 0 Å². The van der Waals surface area contributed by atoms with Crippen molar-refractivity contribution in [1.29, 1.82) is 5.26 Å². The van der Waals surface area contributed by atoms with Crippen LogP contribution in [-0.4, -0.2) is 10.9 Å². The molecule has 1 amide bonds. The SMILES string of the molecule is N#Cc1cccc(NC(=O)c2c3c(nc4ccccc24)CCC3)c1. The van der Waals surface area contributed by atoms with E-state index in [4.69, 9.17) is 10.2 Å². The van der Waals surface area contributed by atoms with Gasteiger partial charge in [-0.1, -0.05) is 24.3 Å². The molecular formula is C20H15N3O. The Morgan fingerprint density at radius 3 is 2.88 bits per heavy atom. The number of para-hydroxylation sites is 1. The quantitative estimate of drug-likeness (QED) is 0.781. The van der Waals surface area contributed by atoms with Gasteiger partial charge >= 0.3 is 0 Å². The van der Waals surface area contributed by atoms with Crippen molar-refractivity contribution < 1.29 is 4.79 Å². The van der Waals surface area contributed by atoms with Gasteiger partial charge in [0.1, 0.15) is 0 Å². The Bertz CT molecular complexity index is 1000. The first-order valence-corrected chi connectivity index (χ1v) is 7.98. The van der Waals surface area contributed by atoms with Crippen molar-refractivity contribution in [1.82, 2.24) is 4.98 Å². The third-order valence-electron chi connectivity index (χ3n) is 4.40. The van der Waals surface area contributed by atoms with Crippen molar-refractivity contribution in [3.8, 4) is 6.07 Å². The molecule has 0 saturated carbocycles. The molecule has 3 aromatic rings. The van der Waals surface area contributed by atoms with Crippen LogP contribution in [0.3, 0.4) is 0 Å². The summed E-state index contributed by atoms with van der Waals surface area (Å²) in [6.07, 6.45) is 2.83. The topological polar surface area (TPSA) is 65.8 Å². The lowest BCUT2D eigenvalue weighted by Gasteiger charge is -2.13. The van der Waals surface area contributed by atoms with E-state index in [9.17, 15) is 4.79 Å².